The zero-order chi connectivity index (χ0) is 13.0. The molecule has 0 saturated carbocycles. The van der Waals surface area contributed by atoms with Crippen molar-refractivity contribution in [3.63, 3.8) is 0 Å². The second-order valence-corrected chi connectivity index (χ2v) is 5.08. The second-order valence-electron chi connectivity index (χ2n) is 3.83. The Morgan fingerprint density at radius 2 is 2.06 bits per heavy atom. The SMILES string of the molecule is COc1ccc(CCn2ncc(I)cc2=O)cc1. The van der Waals surface area contributed by atoms with Crippen LogP contribution in [0.5, 0.6) is 5.75 Å². The Balaban J connectivity index is 2.04. The summed E-state index contributed by atoms with van der Waals surface area (Å²) >= 11 is 2.08. The van der Waals surface area contributed by atoms with Gasteiger partial charge in [0.05, 0.1) is 13.3 Å². The number of hydrogen-bond acceptors (Lipinski definition) is 3. The molecule has 0 N–H and O–H groups in total. The highest BCUT2D eigenvalue weighted by atomic mass is 127. The molecule has 18 heavy (non-hydrogen) atoms. The van der Waals surface area contributed by atoms with Crippen LogP contribution in [0.3, 0.4) is 0 Å². The van der Waals surface area contributed by atoms with Crippen molar-refractivity contribution in [2.75, 3.05) is 7.11 Å². The van der Waals surface area contributed by atoms with E-state index < -0.39 is 0 Å². The average molecular weight is 356 g/mol. The van der Waals surface area contributed by atoms with Crippen LogP contribution < -0.4 is 10.3 Å². The van der Waals surface area contributed by atoms with Crippen molar-refractivity contribution in [3.8, 4) is 5.75 Å². The summed E-state index contributed by atoms with van der Waals surface area (Å²) in [5.74, 6) is 0.836. The molecule has 0 amide bonds. The Hall–Kier alpha value is -1.37. The molecule has 0 spiro atoms. The first-order chi connectivity index (χ1) is 8.69. The van der Waals surface area contributed by atoms with Gasteiger partial charge < -0.3 is 4.74 Å². The van der Waals surface area contributed by atoms with E-state index in [9.17, 15) is 4.79 Å². The lowest BCUT2D eigenvalue weighted by Crippen LogP contribution is -2.23. The van der Waals surface area contributed by atoms with Crippen molar-refractivity contribution in [1.29, 1.82) is 0 Å². The van der Waals surface area contributed by atoms with Gasteiger partial charge in [-0.1, -0.05) is 12.1 Å². The van der Waals surface area contributed by atoms with E-state index in [0.29, 0.717) is 6.54 Å². The quantitative estimate of drug-likeness (QED) is 0.789. The molecule has 0 bridgehead atoms. The van der Waals surface area contributed by atoms with Crippen LogP contribution >= 0.6 is 22.6 Å². The molecule has 5 heteroatoms. The number of methoxy groups -OCH3 is 1. The minimum Gasteiger partial charge on any atom is -0.497 e. The first-order valence-electron chi connectivity index (χ1n) is 5.54. The number of hydrogen-bond donors (Lipinski definition) is 0. The fourth-order valence-corrected chi connectivity index (χ4v) is 2.00. The topological polar surface area (TPSA) is 44.1 Å². The fourth-order valence-electron chi connectivity index (χ4n) is 1.61. The van der Waals surface area contributed by atoms with Crippen molar-refractivity contribution in [3.05, 3.63) is 56.0 Å². The van der Waals surface area contributed by atoms with Gasteiger partial charge in [0.15, 0.2) is 0 Å². The van der Waals surface area contributed by atoms with Gasteiger partial charge in [-0.3, -0.25) is 4.79 Å². The van der Waals surface area contributed by atoms with Crippen LogP contribution in [0.25, 0.3) is 0 Å². The van der Waals surface area contributed by atoms with Crippen molar-refractivity contribution in [2.24, 2.45) is 0 Å². The Kier molecular flexibility index (Phi) is 4.35. The van der Waals surface area contributed by atoms with Gasteiger partial charge in [0.2, 0.25) is 0 Å². The summed E-state index contributed by atoms with van der Waals surface area (Å²) in [7, 11) is 1.64. The van der Waals surface area contributed by atoms with Crippen LogP contribution in [0.15, 0.2) is 41.3 Å². The van der Waals surface area contributed by atoms with E-state index >= 15 is 0 Å². The molecule has 0 unspecified atom stereocenters. The molecule has 4 nitrogen and oxygen atoms in total. The molecule has 0 aliphatic heterocycles. The molecule has 2 rings (SSSR count). The van der Waals surface area contributed by atoms with E-state index in [1.807, 2.05) is 24.3 Å². The molecular weight excluding hydrogens is 343 g/mol. The summed E-state index contributed by atoms with van der Waals surface area (Å²) in [6, 6.07) is 9.41. The first kappa shape index (κ1) is 13.1. The van der Waals surface area contributed by atoms with Crippen molar-refractivity contribution < 1.29 is 4.74 Å². The maximum Gasteiger partial charge on any atom is 0.267 e. The lowest BCUT2D eigenvalue weighted by atomic mass is 10.1. The van der Waals surface area contributed by atoms with Gasteiger partial charge >= 0.3 is 0 Å². The summed E-state index contributed by atoms with van der Waals surface area (Å²) in [6.07, 6.45) is 2.47. The smallest absolute Gasteiger partial charge is 0.267 e. The van der Waals surface area contributed by atoms with E-state index in [-0.39, 0.29) is 5.56 Å². The summed E-state index contributed by atoms with van der Waals surface area (Å²) < 4.78 is 7.43. The third kappa shape index (κ3) is 3.32. The van der Waals surface area contributed by atoms with E-state index in [1.54, 1.807) is 19.4 Å². The zero-order valence-corrected chi connectivity index (χ0v) is 12.1. The summed E-state index contributed by atoms with van der Waals surface area (Å²) in [5, 5.41) is 4.10. The van der Waals surface area contributed by atoms with Crippen LogP contribution in [0, 0.1) is 3.57 Å². The van der Waals surface area contributed by atoms with Crippen LogP contribution in [0.2, 0.25) is 0 Å². The van der Waals surface area contributed by atoms with Gasteiger partial charge in [0.1, 0.15) is 5.75 Å². The Morgan fingerprint density at radius 3 is 2.67 bits per heavy atom. The lowest BCUT2D eigenvalue weighted by molar-refractivity contribution is 0.414. The van der Waals surface area contributed by atoms with Gasteiger partial charge in [0.25, 0.3) is 5.56 Å². The molecule has 0 aliphatic rings. The van der Waals surface area contributed by atoms with Crippen molar-refractivity contribution in [1.82, 2.24) is 9.78 Å². The average Bonchev–Trinajstić information content (AvgIpc) is 2.38. The number of benzene rings is 1. The number of ether oxygens (including phenoxy) is 1. The predicted octanol–water partition coefficient (Wildman–Crippen LogP) is 2.10. The normalized spacial score (nSPS) is 10.3. The number of nitrogens with zero attached hydrogens (tertiary/aromatic N) is 2. The highest BCUT2D eigenvalue weighted by molar-refractivity contribution is 14.1. The lowest BCUT2D eigenvalue weighted by Gasteiger charge is -2.05. The highest BCUT2D eigenvalue weighted by Crippen LogP contribution is 2.11. The largest absolute Gasteiger partial charge is 0.497 e. The zero-order valence-electron chi connectivity index (χ0n) is 9.97. The van der Waals surface area contributed by atoms with E-state index in [1.165, 1.54) is 4.68 Å². The highest BCUT2D eigenvalue weighted by Gasteiger charge is 2.00. The molecule has 0 atom stereocenters. The third-order valence-electron chi connectivity index (χ3n) is 2.61. The minimum absolute atomic E-state index is 0.0598. The van der Waals surface area contributed by atoms with Crippen molar-refractivity contribution >= 4 is 22.6 Å². The van der Waals surface area contributed by atoms with E-state index in [2.05, 4.69) is 27.7 Å². The number of aryl methyl sites for hydroxylation is 2. The molecule has 1 aromatic heterocycles. The Labute approximate surface area is 119 Å². The van der Waals surface area contributed by atoms with Crippen LogP contribution in [0.1, 0.15) is 5.56 Å². The fraction of sp³-hybridized carbons (Fsp3) is 0.231. The van der Waals surface area contributed by atoms with E-state index in [4.69, 9.17) is 4.74 Å². The summed E-state index contributed by atoms with van der Waals surface area (Å²) in [4.78, 5) is 11.6. The van der Waals surface area contributed by atoms with E-state index in [0.717, 1.165) is 21.3 Å². The minimum atomic E-state index is -0.0598. The second kappa shape index (κ2) is 5.99. The molecule has 0 saturated heterocycles. The molecule has 0 aliphatic carbocycles. The molecule has 94 valence electrons. The maximum atomic E-state index is 11.6. The van der Waals surface area contributed by atoms with Gasteiger partial charge in [-0.2, -0.15) is 5.10 Å². The summed E-state index contributed by atoms with van der Waals surface area (Å²) in [5.41, 5.74) is 1.10. The number of rotatable bonds is 4. The predicted molar refractivity (Wildman–Crippen MR) is 77.9 cm³/mol. The molecular formula is C13H13IN2O2. The molecule has 0 fully saturated rings. The van der Waals surface area contributed by atoms with Gasteiger partial charge in [-0.25, -0.2) is 4.68 Å². The monoisotopic (exact) mass is 356 g/mol. The van der Waals surface area contributed by atoms with Crippen molar-refractivity contribution in [2.45, 2.75) is 13.0 Å². The van der Waals surface area contributed by atoms with Gasteiger partial charge in [0, 0.05) is 16.2 Å². The summed E-state index contributed by atoms with van der Waals surface area (Å²) in [6.45, 7) is 0.585. The molecule has 2 aromatic rings. The first-order valence-corrected chi connectivity index (χ1v) is 6.62. The number of aromatic nitrogens is 2. The Bertz CT molecular complexity index is 578. The third-order valence-corrected chi connectivity index (χ3v) is 3.20. The number of halogens is 1. The molecule has 1 aromatic carbocycles. The van der Waals surface area contributed by atoms with Gasteiger partial charge in [-0.15, -0.1) is 0 Å². The Morgan fingerprint density at radius 1 is 1.33 bits per heavy atom. The molecule has 0 radical (unpaired) electrons. The van der Waals surface area contributed by atoms with Gasteiger partial charge in [-0.05, 0) is 46.7 Å². The van der Waals surface area contributed by atoms with Crippen LogP contribution in [0.4, 0.5) is 0 Å². The molecule has 1 heterocycles. The standard InChI is InChI=1S/C13H13IN2O2/c1-18-12-4-2-10(3-5-12)6-7-16-13(17)8-11(14)9-15-16/h2-5,8-9H,6-7H2,1H3. The van der Waals surface area contributed by atoms with Crippen LogP contribution in [-0.2, 0) is 13.0 Å². The maximum absolute atomic E-state index is 11.6. The van der Waals surface area contributed by atoms with Crippen LogP contribution in [-0.4, -0.2) is 16.9 Å².